The first-order valence-corrected chi connectivity index (χ1v) is 10.3. The van der Waals surface area contributed by atoms with E-state index >= 15 is 0 Å². The minimum atomic E-state index is -0.530. The van der Waals surface area contributed by atoms with E-state index in [1.54, 1.807) is 4.90 Å². The number of carbonyl (C=O) groups is 2. The lowest BCUT2D eigenvalue weighted by atomic mass is 9.73. The Kier molecular flexibility index (Phi) is 4.22. The Labute approximate surface area is 165 Å². The van der Waals surface area contributed by atoms with Gasteiger partial charge < -0.3 is 25.2 Å². The van der Waals surface area contributed by atoms with Gasteiger partial charge in [-0.05, 0) is 24.3 Å². The molecule has 5 rings (SSSR count). The van der Waals surface area contributed by atoms with E-state index in [2.05, 4.69) is 15.5 Å². The van der Waals surface area contributed by atoms with E-state index < -0.39 is 17.4 Å². The van der Waals surface area contributed by atoms with Crippen LogP contribution in [0.25, 0.3) is 10.8 Å². The van der Waals surface area contributed by atoms with Crippen LogP contribution in [0.3, 0.4) is 0 Å². The number of ether oxygens (including phenoxy) is 1. The Hall–Kier alpha value is -2.30. The SMILES string of the molecule is NCCN1C[C@]23CC[C@H](O2)[C@H](C(=O)NCc2noc(-c4cccs4)n2)[C@@H]3C1=O. The molecular formula is C18H21N5O4S. The maximum Gasteiger partial charge on any atom is 0.268 e. The van der Waals surface area contributed by atoms with Crippen molar-refractivity contribution in [3.63, 3.8) is 0 Å². The van der Waals surface area contributed by atoms with Crippen LogP contribution in [0, 0.1) is 11.8 Å². The number of rotatable bonds is 6. The summed E-state index contributed by atoms with van der Waals surface area (Å²) < 4.78 is 11.4. The van der Waals surface area contributed by atoms with Gasteiger partial charge in [0.2, 0.25) is 11.8 Å². The molecule has 2 amide bonds. The van der Waals surface area contributed by atoms with Crippen LogP contribution in [0.2, 0.25) is 0 Å². The van der Waals surface area contributed by atoms with Gasteiger partial charge in [0, 0.05) is 13.1 Å². The molecular weight excluding hydrogens is 382 g/mol. The summed E-state index contributed by atoms with van der Waals surface area (Å²) in [6, 6.07) is 3.80. The Bertz CT molecular complexity index is 900. The molecule has 3 aliphatic rings. The van der Waals surface area contributed by atoms with Crippen LogP contribution in [-0.2, 0) is 20.9 Å². The van der Waals surface area contributed by atoms with E-state index in [1.165, 1.54) is 11.3 Å². The molecule has 3 fully saturated rings. The van der Waals surface area contributed by atoms with Gasteiger partial charge in [0.15, 0.2) is 5.82 Å². The van der Waals surface area contributed by atoms with Crippen LogP contribution >= 0.6 is 11.3 Å². The minimum absolute atomic E-state index is 0.0210. The molecule has 3 N–H and O–H groups in total. The number of nitrogens with two attached hydrogens (primary N) is 1. The Morgan fingerprint density at radius 2 is 2.39 bits per heavy atom. The van der Waals surface area contributed by atoms with E-state index in [9.17, 15) is 9.59 Å². The number of fused-ring (bicyclic) bond motifs is 1. The van der Waals surface area contributed by atoms with E-state index in [-0.39, 0.29) is 24.5 Å². The lowest BCUT2D eigenvalue weighted by molar-refractivity contribution is -0.138. The van der Waals surface area contributed by atoms with Gasteiger partial charge in [0.1, 0.15) is 0 Å². The first-order chi connectivity index (χ1) is 13.6. The number of carbonyl (C=O) groups excluding carboxylic acids is 2. The fourth-order valence-corrected chi connectivity index (χ4v) is 5.44. The summed E-state index contributed by atoms with van der Waals surface area (Å²) >= 11 is 1.51. The van der Waals surface area contributed by atoms with Gasteiger partial charge in [-0.2, -0.15) is 4.98 Å². The standard InChI is InChI=1S/C18H21N5O4S/c19-5-6-23-9-18-4-3-10(26-18)13(14(18)17(23)25)15(24)20-8-12-21-16(27-22-12)11-2-1-7-28-11/h1-2,7,10,13-14H,3-6,8-9,19H2,(H,20,24)/t10-,13-,14+,18-/m0/s1. The summed E-state index contributed by atoms with van der Waals surface area (Å²) in [7, 11) is 0. The van der Waals surface area contributed by atoms with Crippen molar-refractivity contribution in [1.29, 1.82) is 0 Å². The van der Waals surface area contributed by atoms with E-state index in [4.69, 9.17) is 15.0 Å². The van der Waals surface area contributed by atoms with Crippen LogP contribution in [-0.4, -0.2) is 58.2 Å². The van der Waals surface area contributed by atoms with Crippen molar-refractivity contribution in [1.82, 2.24) is 20.4 Å². The molecule has 4 atom stereocenters. The maximum absolute atomic E-state index is 12.9. The molecule has 1 spiro atoms. The van der Waals surface area contributed by atoms with Gasteiger partial charge in [-0.25, -0.2) is 0 Å². The second kappa shape index (κ2) is 6.64. The summed E-state index contributed by atoms with van der Waals surface area (Å²) in [5.41, 5.74) is 5.09. The van der Waals surface area contributed by atoms with Gasteiger partial charge in [-0.3, -0.25) is 9.59 Å². The van der Waals surface area contributed by atoms with Crippen LogP contribution in [0.4, 0.5) is 0 Å². The van der Waals surface area contributed by atoms with Crippen molar-refractivity contribution in [3.8, 4) is 10.8 Å². The lowest BCUT2D eigenvalue weighted by Crippen LogP contribution is -2.45. The molecule has 2 bridgehead atoms. The molecule has 0 radical (unpaired) electrons. The number of likely N-dealkylation sites (tertiary alicyclic amines) is 1. The van der Waals surface area contributed by atoms with Gasteiger partial charge >= 0.3 is 0 Å². The molecule has 9 nitrogen and oxygen atoms in total. The summed E-state index contributed by atoms with van der Waals surface area (Å²) in [5, 5.41) is 8.71. The highest BCUT2D eigenvalue weighted by Gasteiger charge is 2.68. The van der Waals surface area contributed by atoms with Crippen LogP contribution in [0.15, 0.2) is 22.0 Å². The molecule has 3 saturated heterocycles. The Morgan fingerprint density at radius 3 is 3.18 bits per heavy atom. The average Bonchev–Trinajstić information content (AvgIpc) is 3.48. The average molecular weight is 403 g/mol. The topological polar surface area (TPSA) is 124 Å². The number of nitrogens with one attached hydrogen (secondary N) is 1. The van der Waals surface area contributed by atoms with Gasteiger partial charge in [-0.1, -0.05) is 11.2 Å². The highest BCUT2D eigenvalue weighted by atomic mass is 32.1. The monoisotopic (exact) mass is 403 g/mol. The number of thiophene rings is 1. The van der Waals surface area contributed by atoms with Gasteiger partial charge in [0.25, 0.3) is 5.89 Å². The third-order valence-electron chi connectivity index (χ3n) is 5.92. The first-order valence-electron chi connectivity index (χ1n) is 9.42. The fraction of sp³-hybridized carbons (Fsp3) is 0.556. The molecule has 2 aromatic heterocycles. The summed E-state index contributed by atoms with van der Waals surface area (Å²) in [5.74, 6) is -0.283. The summed E-state index contributed by atoms with van der Waals surface area (Å²) in [4.78, 5) is 32.7. The zero-order valence-electron chi connectivity index (χ0n) is 15.2. The highest BCUT2D eigenvalue weighted by molar-refractivity contribution is 7.13. The number of hydrogen-bond donors (Lipinski definition) is 2. The molecule has 3 aliphatic heterocycles. The molecule has 0 unspecified atom stereocenters. The Morgan fingerprint density at radius 1 is 1.50 bits per heavy atom. The molecule has 10 heteroatoms. The van der Waals surface area contributed by atoms with Crippen molar-refractivity contribution in [2.75, 3.05) is 19.6 Å². The second-order valence-electron chi connectivity index (χ2n) is 7.52. The summed E-state index contributed by atoms with van der Waals surface area (Å²) in [6.45, 7) is 1.58. The van der Waals surface area contributed by atoms with Crippen molar-refractivity contribution < 1.29 is 18.8 Å². The van der Waals surface area contributed by atoms with Crippen molar-refractivity contribution in [2.24, 2.45) is 17.6 Å². The molecule has 148 valence electrons. The highest BCUT2D eigenvalue weighted by Crippen LogP contribution is 2.55. The number of nitrogens with zero attached hydrogens (tertiary/aromatic N) is 3. The normalized spacial score (nSPS) is 30.8. The molecule has 0 aromatic carbocycles. The number of hydrogen-bond acceptors (Lipinski definition) is 8. The zero-order valence-corrected chi connectivity index (χ0v) is 16.0. The largest absolute Gasteiger partial charge is 0.368 e. The first kappa shape index (κ1) is 17.8. The lowest BCUT2D eigenvalue weighted by Gasteiger charge is -2.26. The second-order valence-corrected chi connectivity index (χ2v) is 8.47. The smallest absolute Gasteiger partial charge is 0.268 e. The quantitative estimate of drug-likeness (QED) is 0.714. The van der Waals surface area contributed by atoms with Crippen LogP contribution in [0.1, 0.15) is 18.7 Å². The third-order valence-corrected chi connectivity index (χ3v) is 6.78. The Balaban J connectivity index is 1.28. The summed E-state index contributed by atoms with van der Waals surface area (Å²) in [6.07, 6.45) is 1.40. The van der Waals surface area contributed by atoms with Gasteiger partial charge in [-0.15, -0.1) is 11.3 Å². The number of aromatic nitrogens is 2. The van der Waals surface area contributed by atoms with Crippen molar-refractivity contribution >= 4 is 23.2 Å². The third kappa shape index (κ3) is 2.66. The van der Waals surface area contributed by atoms with E-state index in [0.29, 0.717) is 31.3 Å². The predicted molar refractivity (Wildman–Crippen MR) is 98.9 cm³/mol. The van der Waals surface area contributed by atoms with Crippen molar-refractivity contribution in [3.05, 3.63) is 23.3 Å². The molecule has 5 heterocycles. The fourth-order valence-electron chi connectivity index (χ4n) is 4.80. The van der Waals surface area contributed by atoms with Gasteiger partial charge in [0.05, 0.1) is 41.5 Å². The number of amides is 2. The van der Waals surface area contributed by atoms with Crippen molar-refractivity contribution in [2.45, 2.75) is 31.1 Å². The van der Waals surface area contributed by atoms with E-state index in [1.807, 2.05) is 17.5 Å². The van der Waals surface area contributed by atoms with E-state index in [0.717, 1.165) is 17.7 Å². The molecule has 2 aromatic rings. The minimum Gasteiger partial charge on any atom is -0.368 e. The van der Waals surface area contributed by atoms with Crippen LogP contribution in [0.5, 0.6) is 0 Å². The van der Waals surface area contributed by atoms with Crippen LogP contribution < -0.4 is 11.1 Å². The zero-order chi connectivity index (χ0) is 19.3. The molecule has 0 aliphatic carbocycles. The molecule has 0 saturated carbocycles. The predicted octanol–water partition coefficient (Wildman–Crippen LogP) is 0.379. The molecule has 28 heavy (non-hydrogen) atoms. The maximum atomic E-state index is 12.9.